The van der Waals surface area contributed by atoms with Crippen molar-refractivity contribution in [3.05, 3.63) is 23.8 Å². The summed E-state index contributed by atoms with van der Waals surface area (Å²) in [6.07, 6.45) is 2.64. The third-order valence-corrected chi connectivity index (χ3v) is 4.12. The Morgan fingerprint density at radius 1 is 1.15 bits per heavy atom. The van der Waals surface area contributed by atoms with Crippen LogP contribution in [0, 0.1) is 0 Å². The molecule has 1 aliphatic heterocycles. The van der Waals surface area contributed by atoms with E-state index in [-0.39, 0.29) is 22.8 Å². The van der Waals surface area contributed by atoms with Crippen LogP contribution in [0.4, 0.5) is 0 Å². The van der Waals surface area contributed by atoms with Gasteiger partial charge in [-0.05, 0) is 25.0 Å². The predicted octanol–water partition coefficient (Wildman–Crippen LogP) is 1.06. The lowest BCUT2D eigenvalue weighted by atomic mass is 10.1. The second-order valence-electron chi connectivity index (χ2n) is 5.67. The summed E-state index contributed by atoms with van der Waals surface area (Å²) >= 11 is 0. The largest absolute Gasteiger partial charge is 0.508 e. The Labute approximate surface area is 118 Å². The van der Waals surface area contributed by atoms with Crippen LogP contribution < -0.4 is 0 Å². The number of rotatable bonds is 4. The smallest absolute Gasteiger partial charge is 0.180 e. The highest BCUT2D eigenvalue weighted by Gasteiger charge is 2.31. The van der Waals surface area contributed by atoms with Crippen LogP contribution >= 0.6 is 0 Å². The molecule has 0 bridgehead atoms. The summed E-state index contributed by atoms with van der Waals surface area (Å²) < 4.78 is 0. The van der Waals surface area contributed by atoms with E-state index in [1.54, 1.807) is 0 Å². The number of piperazine rings is 1. The van der Waals surface area contributed by atoms with Crippen LogP contribution in [0.25, 0.3) is 0 Å². The van der Waals surface area contributed by atoms with E-state index >= 15 is 0 Å². The van der Waals surface area contributed by atoms with Crippen LogP contribution in [0.1, 0.15) is 23.2 Å². The van der Waals surface area contributed by atoms with Crippen molar-refractivity contribution in [1.82, 2.24) is 9.80 Å². The van der Waals surface area contributed by atoms with Crippen LogP contribution in [0.3, 0.4) is 0 Å². The first-order chi connectivity index (χ1) is 9.63. The Morgan fingerprint density at radius 3 is 2.45 bits per heavy atom. The van der Waals surface area contributed by atoms with Gasteiger partial charge in [0, 0.05) is 38.3 Å². The zero-order valence-corrected chi connectivity index (χ0v) is 11.5. The Balaban J connectivity index is 1.56. The predicted molar refractivity (Wildman–Crippen MR) is 75.1 cm³/mol. The summed E-state index contributed by atoms with van der Waals surface area (Å²) in [4.78, 5) is 16.8. The Kier molecular flexibility index (Phi) is 3.63. The average Bonchev–Trinajstić information content (AvgIpc) is 3.23. The zero-order chi connectivity index (χ0) is 14.1. The Bertz CT molecular complexity index is 506. The van der Waals surface area contributed by atoms with Crippen LogP contribution in [-0.2, 0) is 0 Å². The highest BCUT2D eigenvalue weighted by molar-refractivity contribution is 6.00. The number of carbonyl (C=O) groups is 1. The molecule has 0 aromatic heterocycles. The van der Waals surface area contributed by atoms with Gasteiger partial charge in [0.1, 0.15) is 11.5 Å². The van der Waals surface area contributed by atoms with Gasteiger partial charge in [-0.1, -0.05) is 0 Å². The minimum Gasteiger partial charge on any atom is -0.508 e. The standard InChI is InChI=1S/C15H20N2O3/c18-12-3-4-13(14(19)9-12)15(20)10-16-5-7-17(8-6-16)11-1-2-11/h3-4,9,11,18-19H,1-2,5-8,10H2. The van der Waals surface area contributed by atoms with Gasteiger partial charge < -0.3 is 10.2 Å². The van der Waals surface area contributed by atoms with Gasteiger partial charge in [-0.15, -0.1) is 0 Å². The minimum atomic E-state index is -0.147. The van der Waals surface area contributed by atoms with Gasteiger partial charge in [-0.3, -0.25) is 14.6 Å². The lowest BCUT2D eigenvalue weighted by molar-refractivity contribution is 0.0841. The van der Waals surface area contributed by atoms with E-state index in [1.807, 2.05) is 0 Å². The molecule has 0 atom stereocenters. The van der Waals surface area contributed by atoms with Crippen LogP contribution in [-0.4, -0.2) is 64.6 Å². The molecule has 1 saturated carbocycles. The highest BCUT2D eigenvalue weighted by Crippen LogP contribution is 2.27. The van der Waals surface area contributed by atoms with Crippen LogP contribution in [0.2, 0.25) is 0 Å². The third kappa shape index (κ3) is 2.94. The number of phenolic OH excluding ortho intramolecular Hbond substituents is 2. The third-order valence-electron chi connectivity index (χ3n) is 4.12. The summed E-state index contributed by atoms with van der Waals surface area (Å²) in [7, 11) is 0. The van der Waals surface area contributed by atoms with E-state index in [4.69, 9.17) is 0 Å². The second kappa shape index (κ2) is 5.42. The van der Waals surface area contributed by atoms with Gasteiger partial charge in [0.15, 0.2) is 5.78 Å². The van der Waals surface area contributed by atoms with E-state index in [2.05, 4.69) is 9.80 Å². The molecular weight excluding hydrogens is 256 g/mol. The molecule has 1 aromatic carbocycles. The topological polar surface area (TPSA) is 64.0 Å². The highest BCUT2D eigenvalue weighted by atomic mass is 16.3. The molecule has 108 valence electrons. The molecule has 2 N–H and O–H groups in total. The molecule has 5 heteroatoms. The number of nitrogens with zero attached hydrogens (tertiary/aromatic N) is 2. The van der Waals surface area contributed by atoms with Gasteiger partial charge in [0.05, 0.1) is 12.1 Å². The number of Topliss-reactive ketones (excluding diaryl/α,β-unsaturated/α-hetero) is 1. The molecule has 5 nitrogen and oxygen atoms in total. The quantitative estimate of drug-likeness (QED) is 0.805. The van der Waals surface area contributed by atoms with Crippen molar-refractivity contribution in [3.8, 4) is 11.5 Å². The molecule has 1 aromatic rings. The van der Waals surface area contributed by atoms with E-state index in [0.29, 0.717) is 6.54 Å². The number of hydrogen-bond donors (Lipinski definition) is 2. The fourth-order valence-electron chi connectivity index (χ4n) is 2.77. The van der Waals surface area contributed by atoms with E-state index in [1.165, 1.54) is 31.0 Å². The van der Waals surface area contributed by atoms with Crippen LogP contribution in [0.15, 0.2) is 18.2 Å². The van der Waals surface area contributed by atoms with Gasteiger partial charge in [-0.2, -0.15) is 0 Å². The average molecular weight is 276 g/mol. The lowest BCUT2D eigenvalue weighted by Crippen LogP contribution is -2.48. The summed E-state index contributed by atoms with van der Waals surface area (Å²) in [5, 5.41) is 18.9. The molecule has 0 radical (unpaired) electrons. The number of phenols is 2. The summed E-state index contributed by atoms with van der Waals surface area (Å²) in [6, 6.07) is 4.90. The van der Waals surface area contributed by atoms with Crippen LogP contribution in [0.5, 0.6) is 11.5 Å². The maximum absolute atomic E-state index is 12.2. The van der Waals surface area contributed by atoms with Crippen molar-refractivity contribution >= 4 is 5.78 Å². The van der Waals surface area contributed by atoms with Gasteiger partial charge >= 0.3 is 0 Å². The first-order valence-corrected chi connectivity index (χ1v) is 7.15. The van der Waals surface area contributed by atoms with Gasteiger partial charge in [0.25, 0.3) is 0 Å². The second-order valence-corrected chi connectivity index (χ2v) is 5.67. The lowest BCUT2D eigenvalue weighted by Gasteiger charge is -2.34. The maximum atomic E-state index is 12.2. The summed E-state index contributed by atoms with van der Waals surface area (Å²) in [5.74, 6) is -0.272. The molecule has 1 aliphatic carbocycles. The molecule has 0 spiro atoms. The summed E-state index contributed by atoms with van der Waals surface area (Å²) in [6.45, 7) is 4.19. The minimum absolute atomic E-state index is 0.0305. The van der Waals surface area contributed by atoms with Gasteiger partial charge in [-0.25, -0.2) is 0 Å². The maximum Gasteiger partial charge on any atom is 0.180 e. The number of aromatic hydroxyl groups is 2. The van der Waals surface area contributed by atoms with E-state index in [9.17, 15) is 15.0 Å². The molecule has 20 heavy (non-hydrogen) atoms. The number of carbonyl (C=O) groups excluding carboxylic acids is 1. The van der Waals surface area contributed by atoms with Crippen molar-refractivity contribution in [2.24, 2.45) is 0 Å². The SMILES string of the molecule is O=C(CN1CCN(C2CC2)CC1)c1ccc(O)cc1O. The fraction of sp³-hybridized carbons (Fsp3) is 0.533. The first-order valence-electron chi connectivity index (χ1n) is 7.15. The Hall–Kier alpha value is -1.59. The monoisotopic (exact) mass is 276 g/mol. The molecule has 0 amide bonds. The normalized spacial score (nSPS) is 21.0. The van der Waals surface area contributed by atoms with Gasteiger partial charge in [0.2, 0.25) is 0 Å². The molecule has 0 unspecified atom stereocenters. The zero-order valence-electron chi connectivity index (χ0n) is 11.5. The fourth-order valence-corrected chi connectivity index (χ4v) is 2.77. The van der Waals surface area contributed by atoms with E-state index in [0.717, 1.165) is 32.2 Å². The van der Waals surface area contributed by atoms with Crippen molar-refractivity contribution in [2.45, 2.75) is 18.9 Å². The molecule has 2 aliphatic rings. The van der Waals surface area contributed by atoms with Crippen molar-refractivity contribution in [3.63, 3.8) is 0 Å². The van der Waals surface area contributed by atoms with Crippen molar-refractivity contribution in [1.29, 1.82) is 0 Å². The Morgan fingerprint density at radius 2 is 1.85 bits per heavy atom. The van der Waals surface area contributed by atoms with Crippen molar-refractivity contribution < 1.29 is 15.0 Å². The molecule has 3 rings (SSSR count). The first kappa shape index (κ1) is 13.4. The van der Waals surface area contributed by atoms with E-state index < -0.39 is 0 Å². The summed E-state index contributed by atoms with van der Waals surface area (Å²) in [5.41, 5.74) is 0.285. The number of benzene rings is 1. The molecule has 2 fully saturated rings. The molecule has 1 saturated heterocycles. The van der Waals surface area contributed by atoms with Crippen molar-refractivity contribution in [2.75, 3.05) is 32.7 Å². The molecular formula is C15H20N2O3. The molecule has 1 heterocycles. The number of ketones is 1. The number of hydrogen-bond acceptors (Lipinski definition) is 5.